The first kappa shape index (κ1) is 16.4. The van der Waals surface area contributed by atoms with Crippen molar-refractivity contribution in [1.82, 2.24) is 25.5 Å². The van der Waals surface area contributed by atoms with Gasteiger partial charge in [-0.3, -0.25) is 4.79 Å². The fourth-order valence-corrected chi connectivity index (χ4v) is 2.87. The second kappa shape index (κ2) is 6.98. The summed E-state index contributed by atoms with van der Waals surface area (Å²) in [5.41, 5.74) is 1.00. The predicted octanol–water partition coefficient (Wildman–Crippen LogP) is 1.69. The molecule has 0 aliphatic heterocycles. The van der Waals surface area contributed by atoms with E-state index in [1.807, 2.05) is 24.3 Å². The predicted molar refractivity (Wildman–Crippen MR) is 88.6 cm³/mol. The van der Waals surface area contributed by atoms with Crippen LogP contribution in [0, 0.1) is 12.8 Å². The van der Waals surface area contributed by atoms with Gasteiger partial charge in [0.05, 0.1) is 7.11 Å². The molecule has 0 bridgehead atoms. The molecule has 0 spiro atoms. The SMILES string of the molecule is COc1cccc(C[C@H](C(=O)N[C@@H](C)C2CC2)n2nnnc2C)c1. The topological polar surface area (TPSA) is 81.9 Å². The van der Waals surface area contributed by atoms with E-state index in [4.69, 9.17) is 4.74 Å². The molecular weight excluding hydrogens is 306 g/mol. The minimum absolute atomic E-state index is 0.0485. The first-order valence-corrected chi connectivity index (χ1v) is 8.26. The van der Waals surface area contributed by atoms with Crippen molar-refractivity contribution in [2.45, 2.75) is 45.2 Å². The first-order valence-electron chi connectivity index (χ1n) is 8.26. The lowest BCUT2D eigenvalue weighted by atomic mass is 10.0. The number of aryl methyl sites for hydroxylation is 1. The molecule has 2 aromatic rings. The number of hydrogen-bond acceptors (Lipinski definition) is 5. The van der Waals surface area contributed by atoms with Crippen LogP contribution in [0.1, 0.15) is 37.2 Å². The molecule has 1 saturated carbocycles. The molecule has 128 valence electrons. The van der Waals surface area contributed by atoms with Crippen LogP contribution in [0.15, 0.2) is 24.3 Å². The quantitative estimate of drug-likeness (QED) is 0.836. The summed E-state index contributed by atoms with van der Waals surface area (Å²) < 4.78 is 6.86. The number of carbonyl (C=O) groups excluding carboxylic acids is 1. The lowest BCUT2D eigenvalue weighted by Crippen LogP contribution is -2.40. The number of benzene rings is 1. The van der Waals surface area contributed by atoms with Gasteiger partial charge in [-0.05, 0) is 60.7 Å². The number of methoxy groups -OCH3 is 1. The average Bonchev–Trinajstić information content (AvgIpc) is 3.35. The lowest BCUT2D eigenvalue weighted by Gasteiger charge is -2.21. The zero-order valence-corrected chi connectivity index (χ0v) is 14.3. The summed E-state index contributed by atoms with van der Waals surface area (Å²) in [6.07, 6.45) is 2.88. The Morgan fingerprint density at radius 1 is 1.46 bits per heavy atom. The van der Waals surface area contributed by atoms with E-state index in [9.17, 15) is 4.79 Å². The number of nitrogens with zero attached hydrogens (tertiary/aromatic N) is 4. The van der Waals surface area contributed by atoms with Crippen molar-refractivity contribution in [3.05, 3.63) is 35.7 Å². The highest BCUT2D eigenvalue weighted by molar-refractivity contribution is 5.81. The second-order valence-corrected chi connectivity index (χ2v) is 6.38. The molecule has 1 fully saturated rings. The molecule has 1 amide bonds. The van der Waals surface area contributed by atoms with Gasteiger partial charge in [0, 0.05) is 12.5 Å². The molecule has 0 saturated heterocycles. The van der Waals surface area contributed by atoms with Crippen molar-refractivity contribution < 1.29 is 9.53 Å². The Morgan fingerprint density at radius 3 is 2.88 bits per heavy atom. The Hall–Kier alpha value is -2.44. The summed E-state index contributed by atoms with van der Waals surface area (Å²) in [4.78, 5) is 12.8. The van der Waals surface area contributed by atoms with Crippen molar-refractivity contribution in [2.75, 3.05) is 7.11 Å². The number of aromatic nitrogens is 4. The average molecular weight is 329 g/mol. The fourth-order valence-electron chi connectivity index (χ4n) is 2.87. The Bertz CT molecular complexity index is 711. The van der Waals surface area contributed by atoms with Crippen molar-refractivity contribution in [3.8, 4) is 5.75 Å². The van der Waals surface area contributed by atoms with Crippen LogP contribution in [0.2, 0.25) is 0 Å². The van der Waals surface area contributed by atoms with Gasteiger partial charge in [0.1, 0.15) is 17.6 Å². The molecule has 1 aliphatic rings. The Balaban J connectivity index is 1.81. The van der Waals surface area contributed by atoms with Crippen LogP contribution in [0.3, 0.4) is 0 Å². The molecule has 1 heterocycles. The highest BCUT2D eigenvalue weighted by Gasteiger charge is 2.32. The van der Waals surface area contributed by atoms with Crippen molar-refractivity contribution in [1.29, 1.82) is 0 Å². The van der Waals surface area contributed by atoms with Gasteiger partial charge in [0.25, 0.3) is 0 Å². The Kier molecular flexibility index (Phi) is 4.78. The summed E-state index contributed by atoms with van der Waals surface area (Å²) in [5, 5.41) is 14.7. The van der Waals surface area contributed by atoms with Gasteiger partial charge in [-0.1, -0.05) is 12.1 Å². The molecular formula is C17H23N5O2. The summed E-state index contributed by atoms with van der Waals surface area (Å²) in [6.45, 7) is 3.86. The number of carbonyl (C=O) groups is 1. The number of ether oxygens (including phenoxy) is 1. The van der Waals surface area contributed by atoms with E-state index in [0.29, 0.717) is 18.2 Å². The fraction of sp³-hybridized carbons (Fsp3) is 0.529. The zero-order valence-electron chi connectivity index (χ0n) is 14.3. The second-order valence-electron chi connectivity index (χ2n) is 6.38. The van der Waals surface area contributed by atoms with E-state index < -0.39 is 6.04 Å². The molecule has 24 heavy (non-hydrogen) atoms. The van der Waals surface area contributed by atoms with Crippen molar-refractivity contribution in [3.63, 3.8) is 0 Å². The molecule has 3 rings (SSSR count). The third-order valence-corrected chi connectivity index (χ3v) is 4.52. The maximum Gasteiger partial charge on any atom is 0.245 e. The van der Waals surface area contributed by atoms with Gasteiger partial charge in [0.15, 0.2) is 0 Å². The summed E-state index contributed by atoms with van der Waals surface area (Å²) in [7, 11) is 1.63. The zero-order chi connectivity index (χ0) is 17.1. The molecule has 2 atom stereocenters. The maximum absolute atomic E-state index is 12.8. The molecule has 1 aromatic heterocycles. The first-order chi connectivity index (χ1) is 11.6. The molecule has 0 radical (unpaired) electrons. The Morgan fingerprint density at radius 2 is 2.25 bits per heavy atom. The number of rotatable bonds is 7. The van der Waals surface area contributed by atoms with Crippen LogP contribution in [0.5, 0.6) is 5.75 Å². The van der Waals surface area contributed by atoms with Gasteiger partial charge in [0.2, 0.25) is 5.91 Å². The smallest absolute Gasteiger partial charge is 0.245 e. The number of nitrogens with one attached hydrogen (secondary N) is 1. The summed E-state index contributed by atoms with van der Waals surface area (Å²) in [5.74, 6) is 1.94. The van der Waals surface area contributed by atoms with Crippen molar-refractivity contribution >= 4 is 5.91 Å². The molecule has 7 nitrogen and oxygen atoms in total. The van der Waals surface area contributed by atoms with Crippen LogP contribution in [0.4, 0.5) is 0 Å². The largest absolute Gasteiger partial charge is 0.497 e. The van der Waals surface area contributed by atoms with E-state index in [1.165, 1.54) is 12.8 Å². The monoisotopic (exact) mass is 329 g/mol. The van der Waals surface area contributed by atoms with Crippen LogP contribution in [-0.4, -0.2) is 39.3 Å². The number of tetrazole rings is 1. The standard InChI is InChI=1S/C17H23N5O2/c1-11(14-7-8-14)18-17(23)16(22-12(2)19-20-21-22)10-13-5-4-6-15(9-13)24-3/h4-6,9,11,14,16H,7-8,10H2,1-3H3,(H,18,23)/t11-,16+/m0/s1. The van der Waals surface area contributed by atoms with Crippen LogP contribution in [0.25, 0.3) is 0 Å². The van der Waals surface area contributed by atoms with Crippen LogP contribution < -0.4 is 10.1 Å². The van der Waals surface area contributed by atoms with Gasteiger partial charge in [-0.15, -0.1) is 5.10 Å². The van der Waals surface area contributed by atoms with Crippen LogP contribution in [-0.2, 0) is 11.2 Å². The van der Waals surface area contributed by atoms with Crippen molar-refractivity contribution in [2.24, 2.45) is 5.92 Å². The Labute approximate surface area is 141 Å². The third-order valence-electron chi connectivity index (χ3n) is 4.52. The van der Waals surface area contributed by atoms with E-state index in [2.05, 4.69) is 27.8 Å². The summed E-state index contributed by atoms with van der Waals surface area (Å²) >= 11 is 0. The highest BCUT2D eigenvalue weighted by Crippen LogP contribution is 2.32. The third kappa shape index (κ3) is 3.72. The van der Waals surface area contributed by atoms with Gasteiger partial charge in [-0.25, -0.2) is 4.68 Å². The van der Waals surface area contributed by atoms with E-state index in [1.54, 1.807) is 18.7 Å². The van der Waals surface area contributed by atoms with E-state index in [0.717, 1.165) is 11.3 Å². The lowest BCUT2D eigenvalue weighted by molar-refractivity contribution is -0.125. The van der Waals surface area contributed by atoms with Crippen LogP contribution >= 0.6 is 0 Å². The molecule has 1 N–H and O–H groups in total. The minimum Gasteiger partial charge on any atom is -0.497 e. The van der Waals surface area contributed by atoms with Gasteiger partial charge >= 0.3 is 0 Å². The van der Waals surface area contributed by atoms with Gasteiger partial charge in [-0.2, -0.15) is 0 Å². The van der Waals surface area contributed by atoms with Gasteiger partial charge < -0.3 is 10.1 Å². The van der Waals surface area contributed by atoms with E-state index in [-0.39, 0.29) is 11.9 Å². The molecule has 1 aliphatic carbocycles. The van der Waals surface area contributed by atoms with E-state index >= 15 is 0 Å². The summed E-state index contributed by atoms with van der Waals surface area (Å²) in [6, 6.07) is 7.42. The molecule has 7 heteroatoms. The normalized spacial score (nSPS) is 16.5. The molecule has 1 aromatic carbocycles. The number of amides is 1. The number of hydrogen-bond donors (Lipinski definition) is 1. The highest BCUT2D eigenvalue weighted by atomic mass is 16.5. The minimum atomic E-state index is -0.478. The molecule has 0 unspecified atom stereocenters. The maximum atomic E-state index is 12.8.